The van der Waals surface area contributed by atoms with E-state index < -0.39 is 0 Å². The van der Waals surface area contributed by atoms with Gasteiger partial charge in [-0.05, 0) is 49.2 Å². The van der Waals surface area contributed by atoms with Gasteiger partial charge in [0.15, 0.2) is 11.5 Å². The molecule has 1 N–H and O–H groups in total. The van der Waals surface area contributed by atoms with Crippen molar-refractivity contribution in [1.29, 1.82) is 0 Å². The van der Waals surface area contributed by atoms with Crippen molar-refractivity contribution in [3.63, 3.8) is 0 Å². The third kappa shape index (κ3) is 4.04. The highest BCUT2D eigenvalue weighted by atomic mass is 16.7. The average Bonchev–Trinajstić information content (AvgIpc) is 3.01. The zero-order valence-electron chi connectivity index (χ0n) is 13.7. The molecule has 122 valence electrons. The monoisotopic (exact) mass is 321 g/mol. The number of hydrogen-bond donors (Lipinski definition) is 1. The topological polar surface area (TPSA) is 47.6 Å². The van der Waals surface area contributed by atoms with Crippen molar-refractivity contribution in [3.8, 4) is 11.5 Å². The van der Waals surface area contributed by atoms with Gasteiger partial charge in [-0.25, -0.2) is 0 Å². The van der Waals surface area contributed by atoms with Crippen molar-refractivity contribution >= 4 is 23.7 Å². The summed E-state index contributed by atoms with van der Waals surface area (Å²) in [6.45, 7) is 4.07. The molecule has 2 aromatic rings. The van der Waals surface area contributed by atoms with Crippen LogP contribution in [0.1, 0.15) is 25.0 Å². The van der Waals surface area contributed by atoms with Crippen LogP contribution in [0.25, 0.3) is 12.2 Å². The van der Waals surface area contributed by atoms with Gasteiger partial charge in [-0.15, -0.1) is 0 Å². The van der Waals surface area contributed by atoms with Gasteiger partial charge in [0.25, 0.3) is 0 Å². The summed E-state index contributed by atoms with van der Waals surface area (Å²) in [5.41, 5.74) is 3.83. The highest BCUT2D eigenvalue weighted by Gasteiger charge is 2.12. The molecule has 0 aliphatic carbocycles. The van der Waals surface area contributed by atoms with Gasteiger partial charge >= 0.3 is 0 Å². The molecule has 2 aromatic carbocycles. The molecular weight excluding hydrogens is 302 g/mol. The molecule has 1 aliphatic rings. The minimum absolute atomic E-state index is 0.112. The SMILES string of the molecule is CC(C)=CC(=O)Nc1ccc(/C=C/c2ccc3c(c2)OCO3)cc1. The van der Waals surface area contributed by atoms with E-state index >= 15 is 0 Å². The zero-order chi connectivity index (χ0) is 16.9. The third-order valence-electron chi connectivity index (χ3n) is 3.46. The second-order valence-electron chi connectivity index (χ2n) is 5.78. The highest BCUT2D eigenvalue weighted by molar-refractivity contribution is 5.99. The Morgan fingerprint density at radius 1 is 0.958 bits per heavy atom. The summed E-state index contributed by atoms with van der Waals surface area (Å²) in [5, 5.41) is 2.83. The van der Waals surface area contributed by atoms with Crippen molar-refractivity contribution < 1.29 is 14.3 Å². The lowest BCUT2D eigenvalue weighted by atomic mass is 10.1. The van der Waals surface area contributed by atoms with Crippen LogP contribution in [0.3, 0.4) is 0 Å². The van der Waals surface area contributed by atoms with Gasteiger partial charge in [-0.2, -0.15) is 0 Å². The van der Waals surface area contributed by atoms with Crippen LogP contribution in [-0.2, 0) is 4.79 Å². The summed E-state index contributed by atoms with van der Waals surface area (Å²) >= 11 is 0. The molecule has 0 spiro atoms. The van der Waals surface area contributed by atoms with Crippen molar-refractivity contribution in [3.05, 3.63) is 65.2 Å². The smallest absolute Gasteiger partial charge is 0.248 e. The van der Waals surface area contributed by atoms with E-state index in [4.69, 9.17) is 9.47 Å². The lowest BCUT2D eigenvalue weighted by molar-refractivity contribution is -0.111. The van der Waals surface area contributed by atoms with Crippen LogP contribution in [0, 0.1) is 0 Å². The number of anilines is 1. The summed E-state index contributed by atoms with van der Waals surface area (Å²) in [4.78, 5) is 11.7. The Morgan fingerprint density at radius 2 is 1.62 bits per heavy atom. The van der Waals surface area contributed by atoms with Gasteiger partial charge in [0.05, 0.1) is 0 Å². The Hall–Kier alpha value is -3.01. The molecule has 4 heteroatoms. The van der Waals surface area contributed by atoms with Crippen LogP contribution in [0.15, 0.2) is 54.1 Å². The van der Waals surface area contributed by atoms with Gasteiger partial charge in [0.2, 0.25) is 12.7 Å². The summed E-state index contributed by atoms with van der Waals surface area (Å²) in [7, 11) is 0. The highest BCUT2D eigenvalue weighted by Crippen LogP contribution is 2.32. The first-order valence-corrected chi connectivity index (χ1v) is 7.74. The summed E-state index contributed by atoms with van der Waals surface area (Å²) < 4.78 is 10.7. The minimum atomic E-state index is -0.112. The van der Waals surface area contributed by atoms with Crippen LogP contribution >= 0.6 is 0 Å². The maximum absolute atomic E-state index is 11.7. The van der Waals surface area contributed by atoms with Gasteiger partial charge in [-0.3, -0.25) is 4.79 Å². The van der Waals surface area contributed by atoms with Gasteiger partial charge < -0.3 is 14.8 Å². The van der Waals surface area contributed by atoms with Crippen LogP contribution in [0.5, 0.6) is 11.5 Å². The molecule has 24 heavy (non-hydrogen) atoms. The van der Waals surface area contributed by atoms with E-state index in [1.54, 1.807) is 6.08 Å². The van der Waals surface area contributed by atoms with E-state index in [9.17, 15) is 4.79 Å². The molecule has 0 atom stereocenters. The molecule has 1 amide bonds. The molecule has 1 heterocycles. The van der Waals surface area contributed by atoms with E-state index in [0.29, 0.717) is 0 Å². The van der Waals surface area contributed by atoms with Crippen molar-refractivity contribution in [1.82, 2.24) is 0 Å². The normalized spacial score (nSPS) is 12.2. The number of nitrogens with one attached hydrogen (secondary N) is 1. The number of carbonyl (C=O) groups is 1. The predicted molar refractivity (Wildman–Crippen MR) is 96.0 cm³/mol. The van der Waals surface area contributed by atoms with Crippen molar-refractivity contribution in [2.75, 3.05) is 12.1 Å². The van der Waals surface area contributed by atoms with Crippen molar-refractivity contribution in [2.45, 2.75) is 13.8 Å². The molecular formula is C20H19NO3. The van der Waals surface area contributed by atoms with Crippen LogP contribution < -0.4 is 14.8 Å². The Kier molecular flexibility index (Phi) is 4.66. The second kappa shape index (κ2) is 7.04. The first-order valence-electron chi connectivity index (χ1n) is 7.74. The first kappa shape index (κ1) is 15.9. The largest absolute Gasteiger partial charge is 0.454 e. The number of ether oxygens (including phenoxy) is 2. The van der Waals surface area contributed by atoms with E-state index in [1.807, 2.05) is 68.5 Å². The van der Waals surface area contributed by atoms with Gasteiger partial charge in [0, 0.05) is 11.8 Å². The number of amides is 1. The van der Waals surface area contributed by atoms with Crippen LogP contribution in [0.2, 0.25) is 0 Å². The minimum Gasteiger partial charge on any atom is -0.454 e. The standard InChI is InChI=1S/C20H19NO3/c1-14(2)11-20(22)21-17-8-5-15(6-9-17)3-4-16-7-10-18-19(12-16)24-13-23-18/h3-12H,13H2,1-2H3,(H,21,22)/b4-3+. The Morgan fingerprint density at radius 3 is 2.38 bits per heavy atom. The predicted octanol–water partition coefficient (Wildman–Crippen LogP) is 4.49. The van der Waals surface area contributed by atoms with E-state index in [0.717, 1.165) is 33.9 Å². The van der Waals surface area contributed by atoms with Gasteiger partial charge in [0.1, 0.15) is 0 Å². The summed E-state index contributed by atoms with van der Waals surface area (Å²) in [6, 6.07) is 13.5. The fraction of sp³-hybridized carbons (Fsp3) is 0.150. The lowest BCUT2D eigenvalue weighted by Gasteiger charge is -2.03. The maximum Gasteiger partial charge on any atom is 0.248 e. The molecule has 0 bridgehead atoms. The van der Waals surface area contributed by atoms with Crippen molar-refractivity contribution in [2.24, 2.45) is 0 Å². The second-order valence-corrected chi connectivity index (χ2v) is 5.78. The summed E-state index contributed by atoms with van der Waals surface area (Å²) in [5.74, 6) is 1.44. The van der Waals surface area contributed by atoms with E-state index in [2.05, 4.69) is 5.32 Å². The Bertz CT molecular complexity index is 800. The number of benzene rings is 2. The Balaban J connectivity index is 1.65. The fourth-order valence-electron chi connectivity index (χ4n) is 2.33. The molecule has 0 aromatic heterocycles. The molecule has 0 radical (unpaired) electrons. The van der Waals surface area contributed by atoms with Crippen LogP contribution in [-0.4, -0.2) is 12.7 Å². The van der Waals surface area contributed by atoms with Gasteiger partial charge in [-0.1, -0.05) is 35.9 Å². The van der Waals surface area contributed by atoms with E-state index in [-0.39, 0.29) is 12.7 Å². The molecule has 1 aliphatic heterocycles. The molecule has 0 saturated carbocycles. The van der Waals surface area contributed by atoms with Crippen LogP contribution in [0.4, 0.5) is 5.69 Å². The molecule has 3 rings (SSSR count). The molecule has 4 nitrogen and oxygen atoms in total. The van der Waals surface area contributed by atoms with E-state index in [1.165, 1.54) is 0 Å². The number of carbonyl (C=O) groups excluding carboxylic acids is 1. The molecule has 0 unspecified atom stereocenters. The number of hydrogen-bond acceptors (Lipinski definition) is 3. The number of fused-ring (bicyclic) bond motifs is 1. The molecule has 0 saturated heterocycles. The number of allylic oxidation sites excluding steroid dienone is 1. The lowest BCUT2D eigenvalue weighted by Crippen LogP contribution is -2.08. The quantitative estimate of drug-likeness (QED) is 0.666. The Labute approximate surface area is 141 Å². The third-order valence-corrected chi connectivity index (χ3v) is 3.46. The number of rotatable bonds is 4. The first-order chi connectivity index (χ1) is 11.6. The molecule has 0 fully saturated rings. The maximum atomic E-state index is 11.7. The average molecular weight is 321 g/mol. The fourth-order valence-corrected chi connectivity index (χ4v) is 2.33. The zero-order valence-corrected chi connectivity index (χ0v) is 13.7. The summed E-state index contributed by atoms with van der Waals surface area (Å²) in [6.07, 6.45) is 5.60.